The van der Waals surface area contributed by atoms with E-state index in [-0.39, 0.29) is 18.1 Å². The number of ether oxygens (including phenoxy) is 1. The smallest absolute Gasteiger partial charge is 0.317 e. The molecule has 0 fully saturated rings. The molecule has 1 aliphatic rings. The predicted octanol–water partition coefficient (Wildman–Crippen LogP) is 3.51. The van der Waals surface area contributed by atoms with Crippen LogP contribution in [0.3, 0.4) is 0 Å². The van der Waals surface area contributed by atoms with Crippen molar-refractivity contribution in [2.75, 3.05) is 6.61 Å². The highest BCUT2D eigenvalue weighted by atomic mass is 16.6. The van der Waals surface area contributed by atoms with Crippen molar-refractivity contribution in [3.8, 4) is 0 Å². The minimum absolute atomic E-state index is 0.0506. The van der Waals surface area contributed by atoms with E-state index >= 15 is 0 Å². The molecule has 1 aromatic heterocycles. The fourth-order valence-electron chi connectivity index (χ4n) is 3.17. The first-order valence-electron chi connectivity index (χ1n) is 8.20. The monoisotopic (exact) mass is 355 g/mol. The van der Waals surface area contributed by atoms with E-state index in [4.69, 9.17) is 9.15 Å². The lowest BCUT2D eigenvalue weighted by atomic mass is 9.74. The molecule has 0 bridgehead atoms. The Morgan fingerprint density at radius 1 is 1.31 bits per heavy atom. The Hall–Kier alpha value is -3.22. The van der Waals surface area contributed by atoms with Gasteiger partial charge in [0.2, 0.25) is 0 Å². The third-order valence-electron chi connectivity index (χ3n) is 4.38. The molecule has 0 amide bonds. The van der Waals surface area contributed by atoms with E-state index < -0.39 is 22.7 Å². The second-order valence-corrected chi connectivity index (χ2v) is 5.94. The average Bonchev–Trinajstić information content (AvgIpc) is 3.16. The maximum absolute atomic E-state index is 12.6. The van der Waals surface area contributed by atoms with Crippen LogP contribution in [0.15, 0.2) is 53.2 Å². The van der Waals surface area contributed by atoms with Gasteiger partial charge in [0.25, 0.3) is 5.69 Å². The number of nitrogens with zero attached hydrogens (tertiary/aromatic N) is 1. The van der Waals surface area contributed by atoms with Gasteiger partial charge < -0.3 is 9.15 Å². The van der Waals surface area contributed by atoms with Crippen LogP contribution in [-0.4, -0.2) is 23.3 Å². The van der Waals surface area contributed by atoms with Gasteiger partial charge in [0.15, 0.2) is 5.78 Å². The number of non-ortho nitro benzene ring substituents is 1. The Balaban J connectivity index is 1.99. The Kier molecular flexibility index (Phi) is 4.97. The highest BCUT2D eigenvalue weighted by molar-refractivity contribution is 6.10. The summed E-state index contributed by atoms with van der Waals surface area (Å²) in [5, 5.41) is 10.9. The van der Waals surface area contributed by atoms with E-state index in [1.807, 2.05) is 0 Å². The first-order chi connectivity index (χ1) is 12.5. The molecule has 0 saturated carbocycles. The summed E-state index contributed by atoms with van der Waals surface area (Å²) in [6, 6.07) is 9.36. The topological polar surface area (TPSA) is 99.7 Å². The van der Waals surface area contributed by atoms with E-state index in [9.17, 15) is 19.7 Å². The van der Waals surface area contributed by atoms with Gasteiger partial charge in [-0.3, -0.25) is 19.7 Å². The Labute approximate surface area is 149 Å². The minimum atomic E-state index is -0.977. The van der Waals surface area contributed by atoms with Gasteiger partial charge in [-0.1, -0.05) is 12.1 Å². The second-order valence-electron chi connectivity index (χ2n) is 5.94. The number of carbonyl (C=O) groups excluding carboxylic acids is 2. The number of benzene rings is 1. The van der Waals surface area contributed by atoms with Crippen molar-refractivity contribution in [2.24, 2.45) is 5.92 Å². The van der Waals surface area contributed by atoms with Crippen molar-refractivity contribution in [3.63, 3.8) is 0 Å². The molecule has 0 aliphatic heterocycles. The molecule has 0 N–H and O–H groups in total. The molecule has 2 atom stereocenters. The van der Waals surface area contributed by atoms with Gasteiger partial charge >= 0.3 is 5.97 Å². The molecule has 7 heteroatoms. The van der Waals surface area contributed by atoms with Crippen LogP contribution >= 0.6 is 0 Å². The van der Waals surface area contributed by atoms with Crippen LogP contribution in [-0.2, 0) is 14.3 Å². The molecule has 0 saturated heterocycles. The van der Waals surface area contributed by atoms with E-state index in [0.29, 0.717) is 23.3 Å². The third-order valence-corrected chi connectivity index (χ3v) is 4.38. The fourth-order valence-corrected chi connectivity index (χ4v) is 3.17. The molecule has 26 heavy (non-hydrogen) atoms. The molecular weight excluding hydrogens is 338 g/mol. The number of nitro groups is 1. The van der Waals surface area contributed by atoms with Gasteiger partial charge in [0.1, 0.15) is 11.7 Å². The van der Waals surface area contributed by atoms with Crippen LogP contribution in [0.25, 0.3) is 5.57 Å². The number of nitro benzene ring substituents is 1. The summed E-state index contributed by atoms with van der Waals surface area (Å²) in [6.07, 6.45) is 3.32. The van der Waals surface area contributed by atoms with Crippen molar-refractivity contribution >= 4 is 23.0 Å². The zero-order valence-electron chi connectivity index (χ0n) is 14.1. The summed E-state index contributed by atoms with van der Waals surface area (Å²) in [6.45, 7) is 1.85. The van der Waals surface area contributed by atoms with E-state index in [2.05, 4.69) is 0 Å². The maximum atomic E-state index is 12.6. The number of furan rings is 1. The number of hydrogen-bond acceptors (Lipinski definition) is 6. The molecule has 2 aromatic rings. The van der Waals surface area contributed by atoms with Crippen LogP contribution in [0.5, 0.6) is 0 Å². The second kappa shape index (κ2) is 7.35. The zero-order chi connectivity index (χ0) is 18.7. The highest BCUT2D eigenvalue weighted by Crippen LogP contribution is 2.40. The quantitative estimate of drug-likeness (QED) is 0.352. The Morgan fingerprint density at radius 3 is 2.62 bits per heavy atom. The first kappa shape index (κ1) is 17.6. The van der Waals surface area contributed by atoms with Crippen LogP contribution in [0.2, 0.25) is 0 Å². The summed E-state index contributed by atoms with van der Waals surface area (Å²) in [5.41, 5.74) is 1.30. The van der Waals surface area contributed by atoms with Gasteiger partial charge in [-0.05, 0) is 42.7 Å². The largest absolute Gasteiger partial charge is 0.465 e. The number of hydrogen-bond donors (Lipinski definition) is 0. The van der Waals surface area contributed by atoms with Crippen molar-refractivity contribution in [1.82, 2.24) is 0 Å². The number of ketones is 1. The summed E-state index contributed by atoms with van der Waals surface area (Å²) in [5.74, 6) is -1.84. The lowest BCUT2D eigenvalue weighted by molar-refractivity contribution is -0.384. The van der Waals surface area contributed by atoms with E-state index in [0.717, 1.165) is 0 Å². The lowest BCUT2D eigenvalue weighted by Crippen LogP contribution is -2.34. The van der Waals surface area contributed by atoms with Crippen LogP contribution in [0.1, 0.15) is 30.6 Å². The highest BCUT2D eigenvalue weighted by Gasteiger charge is 2.40. The molecule has 1 heterocycles. The van der Waals surface area contributed by atoms with Crippen LogP contribution in [0.4, 0.5) is 5.69 Å². The number of esters is 1. The normalized spacial score (nSPS) is 19.7. The van der Waals surface area contributed by atoms with Gasteiger partial charge in [-0.25, -0.2) is 0 Å². The van der Waals surface area contributed by atoms with Crippen molar-refractivity contribution in [2.45, 2.75) is 19.3 Å². The molecule has 1 aliphatic carbocycles. The summed E-state index contributed by atoms with van der Waals surface area (Å²) >= 11 is 0. The molecule has 0 radical (unpaired) electrons. The summed E-state index contributed by atoms with van der Waals surface area (Å²) in [7, 11) is 0. The van der Waals surface area contributed by atoms with Gasteiger partial charge in [-0.2, -0.15) is 0 Å². The SMILES string of the molecule is CCOC(=O)[C@H]1C(=O)C=C(c2ccco2)C[C@@H]1c1ccc([N+](=O)[O-])cc1. The Bertz CT molecular complexity index is 851. The van der Waals surface area contributed by atoms with Crippen molar-refractivity contribution < 1.29 is 23.7 Å². The predicted molar refractivity (Wildman–Crippen MR) is 92.3 cm³/mol. The molecule has 0 unspecified atom stereocenters. The van der Waals surface area contributed by atoms with E-state index in [1.54, 1.807) is 31.2 Å². The fraction of sp³-hybridized carbons (Fsp3) is 0.263. The first-order valence-corrected chi connectivity index (χ1v) is 8.20. The average molecular weight is 355 g/mol. The summed E-state index contributed by atoms with van der Waals surface area (Å²) in [4.78, 5) is 35.4. The number of rotatable bonds is 5. The van der Waals surface area contributed by atoms with Crippen LogP contribution < -0.4 is 0 Å². The maximum Gasteiger partial charge on any atom is 0.317 e. The molecular formula is C19H17NO6. The Morgan fingerprint density at radius 2 is 2.04 bits per heavy atom. The van der Waals surface area contributed by atoms with Gasteiger partial charge in [0, 0.05) is 18.1 Å². The van der Waals surface area contributed by atoms with Gasteiger partial charge in [0.05, 0.1) is 17.8 Å². The molecule has 134 valence electrons. The third kappa shape index (κ3) is 3.42. The van der Waals surface area contributed by atoms with Crippen molar-refractivity contribution in [3.05, 3.63) is 70.2 Å². The van der Waals surface area contributed by atoms with Crippen molar-refractivity contribution in [1.29, 1.82) is 0 Å². The zero-order valence-corrected chi connectivity index (χ0v) is 14.1. The molecule has 7 nitrogen and oxygen atoms in total. The number of allylic oxidation sites excluding steroid dienone is 2. The van der Waals surface area contributed by atoms with Crippen LogP contribution in [0, 0.1) is 16.0 Å². The number of carbonyl (C=O) groups is 2. The van der Waals surface area contributed by atoms with E-state index in [1.165, 1.54) is 24.5 Å². The lowest BCUT2D eigenvalue weighted by Gasteiger charge is -2.28. The summed E-state index contributed by atoms with van der Waals surface area (Å²) < 4.78 is 10.4. The van der Waals surface area contributed by atoms with Gasteiger partial charge in [-0.15, -0.1) is 0 Å². The minimum Gasteiger partial charge on any atom is -0.465 e. The molecule has 3 rings (SSSR count). The molecule has 0 spiro atoms. The molecule has 1 aromatic carbocycles. The standard InChI is InChI=1S/C19H17NO6/c1-2-25-19(22)18-15(12-5-7-14(8-6-12)20(23)24)10-13(11-16(18)21)17-4-3-9-26-17/h3-9,11,15,18H,2,10H2,1H3/t15-,18-/m1/s1.